The molecule has 0 saturated heterocycles. The van der Waals surface area contributed by atoms with Crippen molar-refractivity contribution in [3.63, 3.8) is 0 Å². The number of hydrogen-bond acceptors (Lipinski definition) is 1. The second-order valence-corrected chi connectivity index (χ2v) is 8.61. The Morgan fingerprint density at radius 1 is 1.25 bits per heavy atom. The number of benzene rings is 1. The summed E-state index contributed by atoms with van der Waals surface area (Å²) in [5, 5.41) is 3.97. The van der Waals surface area contributed by atoms with Gasteiger partial charge in [0.15, 0.2) is 0 Å². The summed E-state index contributed by atoms with van der Waals surface area (Å²) in [5.74, 6) is 0.899. The summed E-state index contributed by atoms with van der Waals surface area (Å²) in [4.78, 5) is 0. The monoisotopic (exact) mass is 335 g/mol. The first kappa shape index (κ1) is 14.6. The van der Waals surface area contributed by atoms with Crippen molar-refractivity contribution in [2.45, 2.75) is 59.0 Å². The molecule has 0 aliphatic heterocycles. The summed E-state index contributed by atoms with van der Waals surface area (Å²) in [5.41, 5.74) is 2.28. The van der Waals surface area contributed by atoms with E-state index in [2.05, 4.69) is 73.2 Å². The molecule has 20 heavy (non-hydrogen) atoms. The highest BCUT2D eigenvalue weighted by Gasteiger charge is 2.59. The van der Waals surface area contributed by atoms with Gasteiger partial charge in [-0.1, -0.05) is 54.9 Å². The van der Waals surface area contributed by atoms with Crippen molar-refractivity contribution in [1.82, 2.24) is 5.32 Å². The zero-order chi connectivity index (χ0) is 14.5. The van der Waals surface area contributed by atoms with Gasteiger partial charge >= 0.3 is 0 Å². The van der Waals surface area contributed by atoms with E-state index >= 15 is 0 Å². The third-order valence-electron chi connectivity index (χ3n) is 6.06. The van der Waals surface area contributed by atoms with Gasteiger partial charge in [-0.15, -0.1) is 0 Å². The quantitative estimate of drug-likeness (QED) is 0.788. The maximum atomic E-state index is 3.97. The minimum absolute atomic E-state index is 0.394. The van der Waals surface area contributed by atoms with E-state index in [-0.39, 0.29) is 0 Å². The Labute approximate surface area is 131 Å². The van der Waals surface area contributed by atoms with Crippen LogP contribution in [0.5, 0.6) is 0 Å². The number of hydrogen-bond donors (Lipinski definition) is 1. The number of fused-ring (bicyclic) bond motifs is 2. The van der Waals surface area contributed by atoms with Gasteiger partial charge in [-0.05, 0) is 54.6 Å². The highest BCUT2D eigenvalue weighted by atomic mass is 79.9. The Balaban J connectivity index is 1.83. The molecule has 1 N–H and O–H groups in total. The number of halogens is 1. The van der Waals surface area contributed by atoms with Crippen molar-refractivity contribution >= 4 is 15.9 Å². The predicted octanol–water partition coefficient (Wildman–Crippen LogP) is 5.31. The molecule has 0 radical (unpaired) electrons. The highest BCUT2D eigenvalue weighted by Crippen LogP contribution is 2.62. The molecule has 1 nitrogen and oxygen atoms in total. The maximum Gasteiger partial charge on any atom is 0.0305 e. The average Bonchev–Trinajstić information content (AvgIpc) is 2.86. The molecule has 2 fully saturated rings. The Kier molecular flexibility index (Phi) is 3.53. The van der Waals surface area contributed by atoms with Crippen LogP contribution in [0.2, 0.25) is 0 Å². The van der Waals surface area contributed by atoms with E-state index in [1.54, 1.807) is 0 Å². The summed E-state index contributed by atoms with van der Waals surface area (Å²) >= 11 is 3.69. The van der Waals surface area contributed by atoms with E-state index in [0.29, 0.717) is 22.9 Å². The maximum absolute atomic E-state index is 3.97. The lowest BCUT2D eigenvalue weighted by Gasteiger charge is -2.44. The smallest absolute Gasteiger partial charge is 0.0305 e. The van der Waals surface area contributed by atoms with Gasteiger partial charge in [0.25, 0.3) is 0 Å². The van der Waals surface area contributed by atoms with E-state index < -0.39 is 0 Å². The van der Waals surface area contributed by atoms with Gasteiger partial charge in [0, 0.05) is 16.6 Å². The largest absolute Gasteiger partial charge is 0.306 e. The molecule has 4 atom stereocenters. The van der Waals surface area contributed by atoms with Crippen molar-refractivity contribution in [1.29, 1.82) is 0 Å². The summed E-state index contributed by atoms with van der Waals surface area (Å²) in [6.07, 6.45) is 4.22. The highest BCUT2D eigenvalue weighted by molar-refractivity contribution is 9.10. The molecule has 0 aromatic heterocycles. The molecule has 0 amide bonds. The zero-order valence-corrected chi connectivity index (χ0v) is 14.6. The van der Waals surface area contributed by atoms with Gasteiger partial charge < -0.3 is 5.32 Å². The van der Waals surface area contributed by atoms with Crippen molar-refractivity contribution in [3.05, 3.63) is 34.3 Å². The predicted molar refractivity (Wildman–Crippen MR) is 88.7 cm³/mol. The Bertz CT molecular complexity index is 505. The molecule has 4 unspecified atom stereocenters. The SMILES string of the molecule is CC(NC1C2(C)CCC(C2)C1(C)C)c1ccccc1Br. The molecule has 2 heteroatoms. The molecule has 110 valence electrons. The van der Waals surface area contributed by atoms with E-state index in [9.17, 15) is 0 Å². The number of nitrogens with one attached hydrogen (secondary N) is 1. The molecule has 0 spiro atoms. The summed E-state index contributed by atoms with van der Waals surface area (Å²) < 4.78 is 1.21. The molecular weight excluding hydrogens is 310 g/mol. The van der Waals surface area contributed by atoms with Crippen LogP contribution in [0.25, 0.3) is 0 Å². The molecule has 2 saturated carbocycles. The van der Waals surface area contributed by atoms with Crippen LogP contribution < -0.4 is 5.32 Å². The first-order chi connectivity index (χ1) is 9.34. The third-order valence-corrected chi connectivity index (χ3v) is 6.78. The van der Waals surface area contributed by atoms with Gasteiger partial charge in [-0.25, -0.2) is 0 Å². The Morgan fingerprint density at radius 2 is 1.95 bits per heavy atom. The van der Waals surface area contributed by atoms with E-state index in [1.807, 2.05) is 0 Å². The van der Waals surface area contributed by atoms with Gasteiger partial charge in [-0.3, -0.25) is 0 Å². The summed E-state index contributed by atoms with van der Waals surface area (Å²) in [6, 6.07) is 9.60. The molecule has 2 aliphatic carbocycles. The lowest BCUT2D eigenvalue weighted by Crippen LogP contribution is -2.51. The first-order valence-electron chi connectivity index (χ1n) is 7.85. The van der Waals surface area contributed by atoms with Crippen LogP contribution in [0.15, 0.2) is 28.7 Å². The van der Waals surface area contributed by atoms with Gasteiger partial charge in [0.05, 0.1) is 0 Å². The molecular formula is C18H26BrN. The van der Waals surface area contributed by atoms with Crippen molar-refractivity contribution in [2.24, 2.45) is 16.7 Å². The third kappa shape index (κ3) is 2.16. The normalized spacial score (nSPS) is 36.2. The van der Waals surface area contributed by atoms with Gasteiger partial charge in [-0.2, -0.15) is 0 Å². The van der Waals surface area contributed by atoms with Gasteiger partial charge in [0.2, 0.25) is 0 Å². The average molecular weight is 336 g/mol. The minimum Gasteiger partial charge on any atom is -0.306 e. The number of rotatable bonds is 3. The fourth-order valence-corrected chi connectivity index (χ4v) is 5.51. The Hall–Kier alpha value is -0.340. The molecule has 1 aromatic carbocycles. The van der Waals surface area contributed by atoms with E-state index in [4.69, 9.17) is 0 Å². The van der Waals surface area contributed by atoms with E-state index in [0.717, 1.165) is 5.92 Å². The second-order valence-electron chi connectivity index (χ2n) is 7.76. The van der Waals surface area contributed by atoms with Crippen LogP contribution in [0, 0.1) is 16.7 Å². The lowest BCUT2D eigenvalue weighted by molar-refractivity contribution is 0.100. The minimum atomic E-state index is 0.394. The van der Waals surface area contributed by atoms with Crippen LogP contribution in [-0.4, -0.2) is 6.04 Å². The van der Waals surface area contributed by atoms with Crippen molar-refractivity contribution in [3.8, 4) is 0 Å². The first-order valence-corrected chi connectivity index (χ1v) is 8.64. The molecule has 3 rings (SSSR count). The van der Waals surface area contributed by atoms with Crippen LogP contribution in [0.3, 0.4) is 0 Å². The lowest BCUT2D eigenvalue weighted by atomic mass is 9.68. The van der Waals surface area contributed by atoms with Crippen molar-refractivity contribution in [2.75, 3.05) is 0 Å². The summed E-state index contributed by atoms with van der Waals surface area (Å²) in [7, 11) is 0. The standard InChI is InChI=1S/C18H26BrN/c1-12(14-7-5-6-8-15(14)19)20-16-17(2,3)13-9-10-18(16,4)11-13/h5-8,12-13,16,20H,9-11H2,1-4H3. The molecule has 1 aromatic rings. The van der Waals surface area contributed by atoms with Crippen LogP contribution in [0.4, 0.5) is 0 Å². The van der Waals surface area contributed by atoms with Gasteiger partial charge in [0.1, 0.15) is 0 Å². The summed E-state index contributed by atoms with van der Waals surface area (Å²) in [6.45, 7) is 9.72. The van der Waals surface area contributed by atoms with Crippen molar-refractivity contribution < 1.29 is 0 Å². The van der Waals surface area contributed by atoms with E-state index in [1.165, 1.54) is 29.3 Å². The molecule has 0 heterocycles. The Morgan fingerprint density at radius 3 is 2.55 bits per heavy atom. The van der Waals surface area contributed by atoms with Crippen LogP contribution in [0.1, 0.15) is 58.6 Å². The fourth-order valence-electron chi connectivity index (χ4n) is 4.88. The fraction of sp³-hybridized carbons (Fsp3) is 0.667. The second kappa shape index (κ2) is 4.84. The molecule has 2 bridgehead atoms. The van der Waals surface area contributed by atoms with Crippen LogP contribution >= 0.6 is 15.9 Å². The van der Waals surface area contributed by atoms with Crippen LogP contribution in [-0.2, 0) is 0 Å². The zero-order valence-electron chi connectivity index (χ0n) is 13.0. The molecule has 2 aliphatic rings. The topological polar surface area (TPSA) is 12.0 Å².